The van der Waals surface area contributed by atoms with Crippen LogP contribution in [0.4, 0.5) is 5.69 Å². The number of nitrogens with zero attached hydrogens (tertiary/aromatic N) is 3. The highest BCUT2D eigenvalue weighted by molar-refractivity contribution is 6.23. The lowest BCUT2D eigenvalue weighted by atomic mass is 9.78. The van der Waals surface area contributed by atoms with Crippen molar-refractivity contribution in [2.24, 2.45) is 28.8 Å². The molecule has 2 aromatic rings. The number of ketones is 1. The zero-order valence-electron chi connectivity index (χ0n) is 35.8. The average molecular weight is 839 g/mol. The van der Waals surface area contributed by atoms with Gasteiger partial charge in [-0.2, -0.15) is 5.10 Å². The van der Waals surface area contributed by atoms with E-state index in [9.17, 15) is 45.1 Å². The number of allylic oxidation sites excluding steroid dienone is 2. The standard InChI is InChI=1S/C43H58N4O13/c1-21-12-11-13-22(2)42(55)45-33-28(20-44-46-15-17-47(9,56)18-16-46)37(52)30-31(38(33)53)36(51)26(6)40-32(30)41(54)43(8,60-40)58-19-14-29(57-10)23(3)39(59-27(7)48)25(5)35(50)24(4)34(21)49/h11-14,19-21,23-25,29,34-35,39,49-53H,15-18H2,1-10H3,(H,45,55)/b12-11-,19-14-,22-13-,44-20-/t21-,23+,24+,25+,29-,34-,35+,39+,43-/m0/s1. The van der Waals surface area contributed by atoms with E-state index < -0.39 is 93.4 Å². The number of fused-ring (bicyclic) bond motifs is 14. The Kier molecular flexibility index (Phi) is 13.6. The van der Waals surface area contributed by atoms with Gasteiger partial charge in [0, 0.05) is 61.2 Å². The van der Waals surface area contributed by atoms with Crippen LogP contribution in [0.15, 0.2) is 41.2 Å². The number of amides is 1. The summed E-state index contributed by atoms with van der Waals surface area (Å²) in [7, 11) is 2.98. The van der Waals surface area contributed by atoms with Gasteiger partial charge in [0.1, 0.15) is 23.4 Å². The maximum absolute atomic E-state index is 14.4. The van der Waals surface area contributed by atoms with Crippen LogP contribution in [0.3, 0.4) is 0 Å². The lowest BCUT2D eigenvalue weighted by Crippen LogP contribution is -2.52. The SMILES string of the molecule is CO[C@H]1/C=C\O[C@@]2(C)Oc3c(C)c(O)c4c(O)c(c(/C=N\N5CC[N+](C)([O-])CC5)c(O)c4c3C2=O)NC(=O)/C(C)=C\C=C/[C@H](C)[C@H](O)[C@@H](C)[C@@H](O)[C@@H](C)[C@H](OC(C)=O)[C@@H]1C. The maximum atomic E-state index is 14.4. The first-order valence-electron chi connectivity index (χ1n) is 20.0. The number of hydrogen-bond acceptors (Lipinski definition) is 15. The molecule has 0 aromatic heterocycles. The number of carbonyl (C=O) groups is 3. The molecule has 1 fully saturated rings. The Morgan fingerprint density at radius 3 is 2.27 bits per heavy atom. The molecule has 1 saturated heterocycles. The number of benzene rings is 2. The summed E-state index contributed by atoms with van der Waals surface area (Å²) in [6.45, 7) is 13.4. The van der Waals surface area contributed by atoms with Crippen molar-refractivity contribution in [3.05, 3.63) is 58.0 Å². The van der Waals surface area contributed by atoms with Crippen molar-refractivity contribution in [2.75, 3.05) is 45.7 Å². The number of esters is 1. The number of hydroxylamine groups is 3. The third-order valence-electron chi connectivity index (χ3n) is 12.0. The molecular weight excluding hydrogens is 780 g/mol. The number of aromatic hydroxyl groups is 3. The molecule has 0 spiro atoms. The quantitative estimate of drug-likeness (QED) is 0.0627. The fourth-order valence-electron chi connectivity index (χ4n) is 8.00. The number of Topliss-reactive ketones (excluding diaryl/α,β-unsaturated/α-hetero) is 1. The van der Waals surface area contributed by atoms with Gasteiger partial charge in [0.05, 0.1) is 86.2 Å². The summed E-state index contributed by atoms with van der Waals surface area (Å²) in [5.74, 6) is -8.69. The van der Waals surface area contributed by atoms with Gasteiger partial charge in [-0.1, -0.05) is 45.9 Å². The van der Waals surface area contributed by atoms with Gasteiger partial charge in [-0.3, -0.25) is 19.4 Å². The van der Waals surface area contributed by atoms with Crippen LogP contribution in [0.5, 0.6) is 23.0 Å². The van der Waals surface area contributed by atoms with E-state index in [1.165, 1.54) is 59.4 Å². The maximum Gasteiger partial charge on any atom is 0.312 e. The van der Waals surface area contributed by atoms with Crippen molar-refractivity contribution in [3.63, 3.8) is 0 Å². The normalized spacial score (nSPS) is 32.3. The van der Waals surface area contributed by atoms with Crippen LogP contribution in [-0.4, -0.2) is 130 Å². The fourth-order valence-corrected chi connectivity index (χ4v) is 8.00. The number of ether oxygens (including phenoxy) is 4. The molecule has 1 amide bonds. The molecule has 0 saturated carbocycles. The highest BCUT2D eigenvalue weighted by Gasteiger charge is 2.50. The van der Waals surface area contributed by atoms with Crippen LogP contribution in [0.25, 0.3) is 10.8 Å². The van der Waals surface area contributed by atoms with E-state index in [1.807, 2.05) is 0 Å². The number of quaternary nitrogens is 1. The van der Waals surface area contributed by atoms with Gasteiger partial charge in [-0.15, -0.1) is 0 Å². The summed E-state index contributed by atoms with van der Waals surface area (Å²) in [6.07, 6.45) is 4.60. The monoisotopic (exact) mass is 838 g/mol. The van der Waals surface area contributed by atoms with E-state index in [1.54, 1.807) is 51.9 Å². The van der Waals surface area contributed by atoms with Crippen molar-refractivity contribution < 1.29 is 63.5 Å². The molecule has 0 radical (unpaired) electrons. The summed E-state index contributed by atoms with van der Waals surface area (Å²) in [5, 5.41) is 78.9. The number of anilines is 1. The summed E-state index contributed by atoms with van der Waals surface area (Å²) in [4.78, 5) is 40.5. The van der Waals surface area contributed by atoms with Crippen LogP contribution in [-0.2, 0) is 23.8 Å². The minimum atomic E-state index is -2.07. The predicted molar refractivity (Wildman–Crippen MR) is 222 cm³/mol. The Morgan fingerprint density at radius 2 is 1.65 bits per heavy atom. The molecule has 328 valence electrons. The van der Waals surface area contributed by atoms with E-state index in [2.05, 4.69) is 10.4 Å². The number of nitrogens with one attached hydrogen (secondary N) is 1. The molecule has 6 rings (SSSR count). The number of hydrazone groups is 1. The lowest BCUT2D eigenvalue weighted by molar-refractivity contribution is -0.865. The molecule has 9 atom stereocenters. The topological polar surface area (TPSA) is 240 Å². The van der Waals surface area contributed by atoms with Crippen molar-refractivity contribution in [1.29, 1.82) is 0 Å². The number of rotatable bonds is 4. The zero-order chi connectivity index (χ0) is 44.6. The molecule has 4 heterocycles. The first-order valence-corrected chi connectivity index (χ1v) is 20.0. The summed E-state index contributed by atoms with van der Waals surface area (Å²) in [6, 6.07) is 0. The van der Waals surface area contributed by atoms with E-state index in [-0.39, 0.29) is 70.7 Å². The van der Waals surface area contributed by atoms with Gasteiger partial charge in [0.25, 0.3) is 11.7 Å². The van der Waals surface area contributed by atoms with Gasteiger partial charge in [0.2, 0.25) is 0 Å². The first kappa shape index (κ1) is 45.9. The number of hydrogen-bond donors (Lipinski definition) is 6. The number of carbonyl (C=O) groups excluding carboxylic acids is 3. The highest BCUT2D eigenvalue weighted by atomic mass is 16.7. The van der Waals surface area contributed by atoms with Gasteiger partial charge in [-0.05, 0) is 19.9 Å². The van der Waals surface area contributed by atoms with Crippen molar-refractivity contribution in [1.82, 2.24) is 5.01 Å². The molecule has 0 unspecified atom stereocenters. The number of phenolic OH excluding ortho intramolecular Hbond substituents is 3. The number of piperazine rings is 1. The smallest absolute Gasteiger partial charge is 0.312 e. The molecule has 17 nitrogen and oxygen atoms in total. The zero-order valence-corrected chi connectivity index (χ0v) is 35.8. The third-order valence-corrected chi connectivity index (χ3v) is 12.0. The fraction of sp³-hybridized carbons (Fsp3) is 0.535. The lowest BCUT2D eigenvalue weighted by Gasteiger charge is -2.44. The Bertz CT molecular complexity index is 2120. The number of methoxy groups -OCH3 is 1. The summed E-state index contributed by atoms with van der Waals surface area (Å²) >= 11 is 0. The second kappa shape index (κ2) is 17.8. The predicted octanol–water partition coefficient (Wildman–Crippen LogP) is 4.35. The molecule has 0 aliphatic carbocycles. The van der Waals surface area contributed by atoms with Gasteiger partial charge in [-0.25, -0.2) is 0 Å². The Morgan fingerprint density at radius 1 is 1.00 bits per heavy atom. The Labute approximate surface area is 349 Å². The van der Waals surface area contributed by atoms with Gasteiger partial charge < -0.3 is 59.7 Å². The van der Waals surface area contributed by atoms with Crippen LogP contribution in [0.1, 0.15) is 70.0 Å². The molecule has 4 aliphatic rings. The molecule has 2 aromatic carbocycles. The first-order chi connectivity index (χ1) is 28.0. The largest absolute Gasteiger partial charge is 0.633 e. The van der Waals surface area contributed by atoms with Gasteiger partial charge >= 0.3 is 11.8 Å². The molecule has 6 N–H and O–H groups in total. The minimum absolute atomic E-state index is 0.0279. The molecule has 5 bridgehead atoms. The highest BCUT2D eigenvalue weighted by Crippen LogP contribution is 2.55. The molecule has 17 heteroatoms. The van der Waals surface area contributed by atoms with E-state index >= 15 is 0 Å². The number of phenols is 3. The number of likely N-dealkylation sites (N-methyl/N-ethyl adjacent to an activating group) is 1. The van der Waals surface area contributed by atoms with Crippen LogP contribution < -0.4 is 10.1 Å². The minimum Gasteiger partial charge on any atom is -0.633 e. The molecular formula is C43H58N4O13. The van der Waals surface area contributed by atoms with E-state index in [4.69, 9.17) is 18.9 Å². The van der Waals surface area contributed by atoms with Crippen molar-refractivity contribution in [3.8, 4) is 23.0 Å². The third kappa shape index (κ3) is 8.95. The van der Waals surface area contributed by atoms with Crippen molar-refractivity contribution >= 4 is 40.3 Å². The Hall–Kier alpha value is -5.20. The second-order valence-electron chi connectivity index (χ2n) is 16.6. The van der Waals surface area contributed by atoms with Gasteiger partial charge in [0.15, 0.2) is 5.75 Å². The molecule has 60 heavy (non-hydrogen) atoms. The second-order valence-corrected chi connectivity index (χ2v) is 16.6. The summed E-state index contributed by atoms with van der Waals surface area (Å²) < 4.78 is 23.1. The number of aliphatic hydroxyl groups excluding tert-OH is 2. The van der Waals surface area contributed by atoms with Crippen LogP contribution >= 0.6 is 0 Å². The van der Waals surface area contributed by atoms with Crippen LogP contribution in [0.2, 0.25) is 0 Å². The molecule has 4 aliphatic heterocycles. The van der Waals surface area contributed by atoms with E-state index in [0.29, 0.717) is 0 Å². The van der Waals surface area contributed by atoms with Crippen LogP contribution in [0, 0.1) is 35.8 Å². The van der Waals surface area contributed by atoms with E-state index in [0.717, 1.165) is 0 Å². The summed E-state index contributed by atoms with van der Waals surface area (Å²) in [5.41, 5.74) is -0.581. The Balaban J connectivity index is 1.70. The average Bonchev–Trinajstić information content (AvgIpc) is 3.46. The van der Waals surface area contributed by atoms with Crippen molar-refractivity contribution in [2.45, 2.75) is 85.6 Å². The number of aliphatic hydroxyl groups is 2.